The minimum atomic E-state index is 0.770. The summed E-state index contributed by atoms with van der Waals surface area (Å²) in [6, 6.07) is 6.60. The van der Waals surface area contributed by atoms with Gasteiger partial charge in [-0.25, -0.2) is 0 Å². The van der Waals surface area contributed by atoms with Crippen molar-refractivity contribution in [2.75, 3.05) is 6.54 Å². The molecule has 0 saturated heterocycles. The standard InChI is InChI=1S/C14H19NS2/c1-3-11(2)8-15-9-13-7-12(10-17-13)14-5-4-6-16-14/h4-7,10-11,15H,3,8-9H2,1-2H3. The van der Waals surface area contributed by atoms with Crippen LogP contribution in [0.15, 0.2) is 29.0 Å². The van der Waals surface area contributed by atoms with Crippen LogP contribution in [0.2, 0.25) is 0 Å². The summed E-state index contributed by atoms with van der Waals surface area (Å²) in [6.07, 6.45) is 1.25. The summed E-state index contributed by atoms with van der Waals surface area (Å²) >= 11 is 3.66. The van der Waals surface area contributed by atoms with Crippen LogP contribution in [0, 0.1) is 5.92 Å². The van der Waals surface area contributed by atoms with Gasteiger partial charge < -0.3 is 5.32 Å². The molecule has 0 aromatic carbocycles. The fraction of sp³-hybridized carbons (Fsp3) is 0.429. The van der Waals surface area contributed by atoms with Crippen LogP contribution >= 0.6 is 22.7 Å². The molecule has 0 aliphatic heterocycles. The minimum Gasteiger partial charge on any atom is -0.312 e. The number of thiophene rings is 2. The molecule has 17 heavy (non-hydrogen) atoms. The molecule has 0 saturated carbocycles. The second-order valence-electron chi connectivity index (χ2n) is 4.42. The van der Waals surface area contributed by atoms with Gasteiger partial charge in [0.1, 0.15) is 0 Å². The van der Waals surface area contributed by atoms with E-state index in [4.69, 9.17) is 0 Å². The first-order valence-corrected chi connectivity index (χ1v) is 7.87. The molecule has 0 aliphatic carbocycles. The van der Waals surface area contributed by atoms with Crippen LogP contribution in [-0.2, 0) is 6.54 Å². The monoisotopic (exact) mass is 265 g/mol. The number of nitrogens with one attached hydrogen (secondary N) is 1. The maximum Gasteiger partial charge on any atom is 0.0351 e. The normalized spacial score (nSPS) is 12.8. The zero-order valence-electron chi connectivity index (χ0n) is 10.4. The summed E-state index contributed by atoms with van der Waals surface area (Å²) in [7, 11) is 0. The Balaban J connectivity index is 1.87. The Morgan fingerprint density at radius 2 is 2.24 bits per heavy atom. The first-order chi connectivity index (χ1) is 8.29. The molecular formula is C14H19NS2. The average Bonchev–Trinajstić information content (AvgIpc) is 2.98. The average molecular weight is 265 g/mol. The van der Waals surface area contributed by atoms with Gasteiger partial charge in [0.05, 0.1) is 0 Å². The van der Waals surface area contributed by atoms with Crippen LogP contribution < -0.4 is 5.32 Å². The molecule has 0 spiro atoms. The lowest BCUT2D eigenvalue weighted by atomic mass is 10.1. The summed E-state index contributed by atoms with van der Waals surface area (Å²) in [5, 5.41) is 7.91. The van der Waals surface area contributed by atoms with Crippen LogP contribution in [0.3, 0.4) is 0 Å². The second kappa shape index (κ2) is 6.34. The highest BCUT2D eigenvalue weighted by Gasteiger charge is 2.04. The molecule has 0 bridgehead atoms. The first kappa shape index (κ1) is 12.8. The highest BCUT2D eigenvalue weighted by atomic mass is 32.1. The summed E-state index contributed by atoms with van der Waals surface area (Å²) in [5.74, 6) is 0.770. The largest absolute Gasteiger partial charge is 0.312 e. The van der Waals surface area contributed by atoms with Gasteiger partial charge in [0.25, 0.3) is 0 Å². The van der Waals surface area contributed by atoms with Crippen molar-refractivity contribution in [3.05, 3.63) is 33.8 Å². The summed E-state index contributed by atoms with van der Waals surface area (Å²) in [5.41, 5.74) is 1.37. The van der Waals surface area contributed by atoms with Gasteiger partial charge in [0.2, 0.25) is 0 Å². The Morgan fingerprint density at radius 1 is 1.35 bits per heavy atom. The van der Waals surface area contributed by atoms with E-state index in [2.05, 4.69) is 48.1 Å². The highest BCUT2D eigenvalue weighted by Crippen LogP contribution is 2.29. The van der Waals surface area contributed by atoms with Crippen molar-refractivity contribution in [1.82, 2.24) is 5.32 Å². The quantitative estimate of drug-likeness (QED) is 0.804. The van der Waals surface area contributed by atoms with E-state index in [0.29, 0.717) is 0 Å². The van der Waals surface area contributed by atoms with Crippen molar-refractivity contribution < 1.29 is 0 Å². The van der Waals surface area contributed by atoms with Gasteiger partial charge in [-0.05, 0) is 35.4 Å². The van der Waals surface area contributed by atoms with Crippen LogP contribution in [0.25, 0.3) is 10.4 Å². The zero-order valence-corrected chi connectivity index (χ0v) is 12.0. The molecule has 2 aromatic heterocycles. The lowest BCUT2D eigenvalue weighted by Gasteiger charge is -2.08. The van der Waals surface area contributed by atoms with Crippen molar-refractivity contribution in [2.45, 2.75) is 26.8 Å². The summed E-state index contributed by atoms with van der Waals surface area (Å²) in [4.78, 5) is 2.80. The fourth-order valence-corrected chi connectivity index (χ4v) is 3.27. The van der Waals surface area contributed by atoms with Crippen LogP contribution in [0.4, 0.5) is 0 Å². The molecular weight excluding hydrogens is 246 g/mol. The summed E-state index contributed by atoms with van der Waals surface area (Å²) in [6.45, 7) is 6.65. The van der Waals surface area contributed by atoms with Gasteiger partial charge in [-0.2, -0.15) is 0 Å². The smallest absolute Gasteiger partial charge is 0.0351 e. The third kappa shape index (κ3) is 3.66. The van der Waals surface area contributed by atoms with Crippen LogP contribution in [0.1, 0.15) is 25.1 Å². The third-order valence-corrected chi connectivity index (χ3v) is 4.80. The molecule has 1 atom stereocenters. The molecule has 1 N–H and O–H groups in total. The van der Waals surface area contributed by atoms with Gasteiger partial charge in [0.15, 0.2) is 0 Å². The number of rotatable bonds is 6. The maximum absolute atomic E-state index is 3.52. The molecule has 0 aliphatic rings. The van der Waals surface area contributed by atoms with Gasteiger partial charge in [-0.1, -0.05) is 26.3 Å². The van der Waals surface area contributed by atoms with E-state index in [-0.39, 0.29) is 0 Å². The second-order valence-corrected chi connectivity index (χ2v) is 6.37. The molecule has 2 rings (SSSR count). The molecule has 92 valence electrons. The number of hydrogen-bond donors (Lipinski definition) is 1. The van der Waals surface area contributed by atoms with E-state index >= 15 is 0 Å². The van der Waals surface area contributed by atoms with Crippen LogP contribution in [-0.4, -0.2) is 6.54 Å². The highest BCUT2D eigenvalue weighted by molar-refractivity contribution is 7.14. The third-order valence-electron chi connectivity index (χ3n) is 2.95. The van der Waals surface area contributed by atoms with E-state index in [1.165, 1.54) is 21.7 Å². The van der Waals surface area contributed by atoms with Crippen LogP contribution in [0.5, 0.6) is 0 Å². The van der Waals surface area contributed by atoms with E-state index in [0.717, 1.165) is 19.0 Å². The van der Waals surface area contributed by atoms with Crippen molar-refractivity contribution >= 4 is 22.7 Å². The maximum atomic E-state index is 3.52. The van der Waals surface area contributed by atoms with Crippen molar-refractivity contribution in [2.24, 2.45) is 5.92 Å². The lowest BCUT2D eigenvalue weighted by Crippen LogP contribution is -2.19. The van der Waals surface area contributed by atoms with E-state index in [1.54, 1.807) is 0 Å². The Labute approximate surface area is 112 Å². The van der Waals surface area contributed by atoms with E-state index in [1.807, 2.05) is 22.7 Å². The Kier molecular flexibility index (Phi) is 4.77. The zero-order chi connectivity index (χ0) is 12.1. The summed E-state index contributed by atoms with van der Waals surface area (Å²) < 4.78 is 0. The SMILES string of the molecule is CCC(C)CNCc1cc(-c2cccs2)cs1. The van der Waals surface area contributed by atoms with Gasteiger partial charge in [-0.15, -0.1) is 22.7 Å². The molecule has 2 aromatic rings. The van der Waals surface area contributed by atoms with E-state index < -0.39 is 0 Å². The van der Waals surface area contributed by atoms with Crippen molar-refractivity contribution in [3.8, 4) is 10.4 Å². The van der Waals surface area contributed by atoms with Crippen molar-refractivity contribution in [3.63, 3.8) is 0 Å². The molecule has 2 heterocycles. The molecule has 1 unspecified atom stereocenters. The lowest BCUT2D eigenvalue weighted by molar-refractivity contribution is 0.501. The van der Waals surface area contributed by atoms with Gasteiger partial charge >= 0.3 is 0 Å². The Bertz CT molecular complexity index is 431. The predicted octanol–water partition coefficient (Wildman–Crippen LogP) is 4.61. The molecule has 0 radical (unpaired) electrons. The fourth-order valence-electron chi connectivity index (χ4n) is 1.63. The molecule has 3 heteroatoms. The molecule has 0 fully saturated rings. The van der Waals surface area contributed by atoms with Gasteiger partial charge in [-0.3, -0.25) is 0 Å². The Hall–Kier alpha value is -0.640. The topological polar surface area (TPSA) is 12.0 Å². The van der Waals surface area contributed by atoms with E-state index in [9.17, 15) is 0 Å². The Morgan fingerprint density at radius 3 is 2.94 bits per heavy atom. The first-order valence-electron chi connectivity index (χ1n) is 6.11. The molecule has 0 amide bonds. The predicted molar refractivity (Wildman–Crippen MR) is 78.8 cm³/mol. The van der Waals surface area contributed by atoms with Crippen molar-refractivity contribution in [1.29, 1.82) is 0 Å². The van der Waals surface area contributed by atoms with Gasteiger partial charge in [0, 0.05) is 21.9 Å². The number of hydrogen-bond acceptors (Lipinski definition) is 3. The minimum absolute atomic E-state index is 0.770. The molecule has 1 nitrogen and oxygen atoms in total.